The summed E-state index contributed by atoms with van der Waals surface area (Å²) in [5.74, 6) is 1.48. The van der Waals surface area contributed by atoms with Crippen LogP contribution in [-0.4, -0.2) is 47.9 Å². The summed E-state index contributed by atoms with van der Waals surface area (Å²) in [6, 6.07) is 9.22. The predicted octanol–water partition coefficient (Wildman–Crippen LogP) is 5.19. The Bertz CT molecular complexity index is 939. The van der Waals surface area contributed by atoms with Crippen LogP contribution in [0.2, 0.25) is 5.02 Å². The maximum absolute atomic E-state index is 13.5. The van der Waals surface area contributed by atoms with Gasteiger partial charge < -0.3 is 14.5 Å². The van der Waals surface area contributed by atoms with Crippen molar-refractivity contribution in [3.63, 3.8) is 0 Å². The van der Waals surface area contributed by atoms with E-state index < -0.39 is 0 Å². The number of benzene rings is 1. The van der Waals surface area contributed by atoms with Crippen LogP contribution < -0.4 is 4.74 Å². The molecule has 0 radical (unpaired) electrons. The number of halogens is 1. The lowest BCUT2D eigenvalue weighted by atomic mass is 10.00. The van der Waals surface area contributed by atoms with E-state index in [1.54, 1.807) is 28.4 Å². The number of carbonyl (C=O) groups is 2. The fourth-order valence-corrected chi connectivity index (χ4v) is 5.16. The molecule has 0 spiro atoms. The molecule has 5 nitrogen and oxygen atoms in total. The Labute approximate surface area is 199 Å². The van der Waals surface area contributed by atoms with Crippen LogP contribution in [0.3, 0.4) is 0 Å². The monoisotopic (exact) mass is 474 g/mol. The van der Waals surface area contributed by atoms with Gasteiger partial charge in [-0.2, -0.15) is 0 Å². The molecule has 4 rings (SSSR count). The van der Waals surface area contributed by atoms with Gasteiger partial charge in [0.2, 0.25) is 11.8 Å². The maximum atomic E-state index is 13.5. The number of hydrogen-bond acceptors (Lipinski definition) is 4. The van der Waals surface area contributed by atoms with Crippen LogP contribution in [0.1, 0.15) is 49.6 Å². The summed E-state index contributed by atoms with van der Waals surface area (Å²) in [5.41, 5.74) is 1.16. The third kappa shape index (κ3) is 5.65. The van der Waals surface area contributed by atoms with Crippen molar-refractivity contribution in [3.8, 4) is 5.75 Å². The molecule has 2 heterocycles. The normalized spacial score (nSPS) is 17.9. The minimum absolute atomic E-state index is 0.00399. The Morgan fingerprint density at radius 1 is 1.22 bits per heavy atom. The number of nitrogens with zero attached hydrogens (tertiary/aromatic N) is 2. The molecule has 1 saturated carbocycles. The van der Waals surface area contributed by atoms with E-state index in [-0.39, 0.29) is 30.3 Å². The molecule has 2 aliphatic rings. The van der Waals surface area contributed by atoms with Crippen molar-refractivity contribution in [2.75, 3.05) is 26.2 Å². The van der Waals surface area contributed by atoms with E-state index >= 15 is 0 Å². The SMILES string of the molecule is CC(C)CCN(CC(=O)N1CCc2sccc2[C@H]1COc1ccc(Cl)cc1)C(=O)C1CC1. The fraction of sp³-hybridized carbons (Fsp3) is 0.520. The first-order valence-electron chi connectivity index (χ1n) is 11.4. The summed E-state index contributed by atoms with van der Waals surface area (Å²) in [6.45, 7) is 6.11. The van der Waals surface area contributed by atoms with Crippen molar-refractivity contribution in [1.82, 2.24) is 9.80 Å². The van der Waals surface area contributed by atoms with Gasteiger partial charge in [-0.05, 0) is 72.9 Å². The number of rotatable bonds is 9. The van der Waals surface area contributed by atoms with Gasteiger partial charge in [0.15, 0.2) is 0 Å². The lowest BCUT2D eigenvalue weighted by Crippen LogP contribution is -2.48. The molecular formula is C25H31ClN2O3S. The summed E-state index contributed by atoms with van der Waals surface area (Å²) in [5, 5.41) is 2.74. The number of ether oxygens (including phenoxy) is 1. The first-order valence-corrected chi connectivity index (χ1v) is 12.7. The molecular weight excluding hydrogens is 444 g/mol. The van der Waals surface area contributed by atoms with Gasteiger partial charge in [-0.25, -0.2) is 0 Å². The number of fused-ring (bicyclic) bond motifs is 1. The van der Waals surface area contributed by atoms with E-state index in [2.05, 4.69) is 25.3 Å². The minimum atomic E-state index is -0.156. The maximum Gasteiger partial charge on any atom is 0.242 e. The average Bonchev–Trinajstić information content (AvgIpc) is 3.52. The highest BCUT2D eigenvalue weighted by atomic mass is 35.5. The molecule has 7 heteroatoms. The molecule has 1 aliphatic carbocycles. The smallest absolute Gasteiger partial charge is 0.242 e. The molecule has 0 saturated heterocycles. The van der Waals surface area contributed by atoms with Crippen LogP contribution in [-0.2, 0) is 16.0 Å². The number of thiophene rings is 1. The van der Waals surface area contributed by atoms with Crippen molar-refractivity contribution < 1.29 is 14.3 Å². The largest absolute Gasteiger partial charge is 0.491 e. The third-order valence-electron chi connectivity index (χ3n) is 6.18. The molecule has 1 fully saturated rings. The zero-order valence-corrected chi connectivity index (χ0v) is 20.3. The van der Waals surface area contributed by atoms with Crippen molar-refractivity contribution in [3.05, 3.63) is 51.2 Å². The Hall–Kier alpha value is -2.05. The molecule has 1 aliphatic heterocycles. The Kier molecular flexibility index (Phi) is 7.41. The van der Waals surface area contributed by atoms with E-state index in [4.69, 9.17) is 16.3 Å². The molecule has 32 heavy (non-hydrogen) atoms. The second kappa shape index (κ2) is 10.3. The average molecular weight is 475 g/mol. The lowest BCUT2D eigenvalue weighted by Gasteiger charge is -2.37. The standard InChI is InChI=1S/C25H31ClN2O3S/c1-17(2)9-12-27(25(30)18-3-4-18)15-24(29)28-13-10-23-21(11-14-32-23)22(28)16-31-20-7-5-19(26)6-8-20/h5-8,11,14,17-18,22H,3-4,9-10,12-13,15-16H2,1-2H3/t22-/m1/s1. The van der Waals surface area contributed by atoms with E-state index in [1.165, 1.54) is 4.88 Å². The van der Waals surface area contributed by atoms with Gasteiger partial charge in [0.1, 0.15) is 12.4 Å². The quantitative estimate of drug-likeness (QED) is 0.502. The number of carbonyl (C=O) groups excluding carboxylic acids is 2. The second-order valence-electron chi connectivity index (χ2n) is 9.13. The van der Waals surface area contributed by atoms with Gasteiger partial charge in [-0.1, -0.05) is 25.4 Å². The van der Waals surface area contributed by atoms with Crippen molar-refractivity contribution in [2.24, 2.45) is 11.8 Å². The highest BCUT2D eigenvalue weighted by molar-refractivity contribution is 7.10. The van der Waals surface area contributed by atoms with Crippen LogP contribution in [0, 0.1) is 11.8 Å². The van der Waals surface area contributed by atoms with E-state index in [0.717, 1.165) is 37.0 Å². The van der Waals surface area contributed by atoms with E-state index in [0.29, 0.717) is 30.6 Å². The molecule has 1 atom stereocenters. The van der Waals surface area contributed by atoms with Gasteiger partial charge in [-0.15, -0.1) is 11.3 Å². The van der Waals surface area contributed by atoms with Gasteiger partial charge in [0.05, 0.1) is 12.6 Å². The summed E-state index contributed by atoms with van der Waals surface area (Å²) in [4.78, 5) is 31.3. The third-order valence-corrected chi connectivity index (χ3v) is 7.43. The van der Waals surface area contributed by atoms with Crippen LogP contribution in [0.15, 0.2) is 35.7 Å². The van der Waals surface area contributed by atoms with Crippen LogP contribution in [0.4, 0.5) is 0 Å². The van der Waals surface area contributed by atoms with Gasteiger partial charge in [-0.3, -0.25) is 9.59 Å². The zero-order valence-electron chi connectivity index (χ0n) is 18.8. The second-order valence-corrected chi connectivity index (χ2v) is 10.6. The summed E-state index contributed by atoms with van der Waals surface area (Å²) in [7, 11) is 0. The molecule has 2 aromatic rings. The Morgan fingerprint density at radius 3 is 2.66 bits per heavy atom. The topological polar surface area (TPSA) is 49.9 Å². The molecule has 2 amide bonds. The van der Waals surface area contributed by atoms with Gasteiger partial charge >= 0.3 is 0 Å². The molecule has 0 bridgehead atoms. The minimum Gasteiger partial charge on any atom is -0.491 e. The molecule has 1 aromatic heterocycles. The van der Waals surface area contributed by atoms with Crippen molar-refractivity contribution in [2.45, 2.75) is 45.6 Å². The summed E-state index contributed by atoms with van der Waals surface area (Å²) < 4.78 is 6.06. The molecule has 1 aromatic carbocycles. The van der Waals surface area contributed by atoms with E-state index in [9.17, 15) is 9.59 Å². The molecule has 172 valence electrons. The van der Waals surface area contributed by atoms with Crippen LogP contribution >= 0.6 is 22.9 Å². The highest BCUT2D eigenvalue weighted by Crippen LogP contribution is 2.35. The Balaban J connectivity index is 1.47. The van der Waals surface area contributed by atoms with Crippen molar-refractivity contribution in [1.29, 1.82) is 0 Å². The lowest BCUT2D eigenvalue weighted by molar-refractivity contribution is -0.143. The highest BCUT2D eigenvalue weighted by Gasteiger charge is 2.37. The summed E-state index contributed by atoms with van der Waals surface area (Å²) >= 11 is 7.72. The van der Waals surface area contributed by atoms with Crippen molar-refractivity contribution >= 4 is 34.8 Å². The Morgan fingerprint density at radius 2 is 1.97 bits per heavy atom. The molecule has 0 unspecified atom stereocenters. The van der Waals surface area contributed by atoms with Gasteiger partial charge in [0, 0.05) is 28.9 Å². The first kappa shape index (κ1) is 23.1. The number of hydrogen-bond donors (Lipinski definition) is 0. The number of amides is 2. The van der Waals surface area contributed by atoms with E-state index in [1.807, 2.05) is 17.0 Å². The van der Waals surface area contributed by atoms with Crippen LogP contribution in [0.25, 0.3) is 0 Å². The molecule has 0 N–H and O–H groups in total. The summed E-state index contributed by atoms with van der Waals surface area (Å²) in [6.07, 6.45) is 3.65. The van der Waals surface area contributed by atoms with Gasteiger partial charge in [0.25, 0.3) is 0 Å². The van der Waals surface area contributed by atoms with Crippen LogP contribution in [0.5, 0.6) is 5.75 Å². The first-order chi connectivity index (χ1) is 15.4. The predicted molar refractivity (Wildman–Crippen MR) is 128 cm³/mol. The fourth-order valence-electron chi connectivity index (χ4n) is 4.10. The zero-order chi connectivity index (χ0) is 22.7.